The first-order valence-electron chi connectivity index (χ1n) is 11.2. The van der Waals surface area contributed by atoms with Crippen molar-refractivity contribution in [1.29, 1.82) is 0 Å². The molecule has 0 radical (unpaired) electrons. The molecule has 0 saturated carbocycles. The lowest BCUT2D eigenvalue weighted by Gasteiger charge is -2.25. The smallest absolute Gasteiger partial charge is 0.219 e. The summed E-state index contributed by atoms with van der Waals surface area (Å²) in [6.45, 7) is 4.64. The fraction of sp³-hybridized carbons (Fsp3) is 0.231. The number of nitrogen functional groups attached to an aromatic ring is 1. The van der Waals surface area contributed by atoms with E-state index >= 15 is 0 Å². The van der Waals surface area contributed by atoms with Gasteiger partial charge < -0.3 is 20.4 Å². The molecular weight excluding hydrogens is 490 g/mol. The van der Waals surface area contributed by atoms with E-state index in [-0.39, 0.29) is 16.7 Å². The molecule has 0 unspecified atom stereocenters. The van der Waals surface area contributed by atoms with Crippen molar-refractivity contribution >= 4 is 45.8 Å². The van der Waals surface area contributed by atoms with E-state index in [0.717, 1.165) is 39.7 Å². The van der Waals surface area contributed by atoms with E-state index < -0.39 is 11.9 Å². The van der Waals surface area contributed by atoms with Crippen LogP contribution in [0.1, 0.15) is 36.8 Å². The summed E-state index contributed by atoms with van der Waals surface area (Å²) in [5.74, 6) is 0.0474. The molecule has 1 amide bonds. The van der Waals surface area contributed by atoms with E-state index in [1.54, 1.807) is 26.1 Å². The zero-order valence-electron chi connectivity index (χ0n) is 19.2. The van der Waals surface area contributed by atoms with Gasteiger partial charge in [-0.05, 0) is 36.8 Å². The van der Waals surface area contributed by atoms with Gasteiger partial charge in [0.05, 0.1) is 5.02 Å². The van der Waals surface area contributed by atoms with Gasteiger partial charge in [0.15, 0.2) is 11.6 Å². The van der Waals surface area contributed by atoms with Gasteiger partial charge in [-0.1, -0.05) is 35.3 Å². The number of hydrogen-bond acceptors (Lipinski definition) is 4. The summed E-state index contributed by atoms with van der Waals surface area (Å²) < 4.78 is 20.0. The molecule has 3 heterocycles. The number of pyridine rings is 1. The van der Waals surface area contributed by atoms with Crippen LogP contribution < -0.4 is 10.5 Å². The molecule has 5 rings (SSSR count). The second kappa shape index (κ2) is 9.06. The molecule has 0 spiro atoms. The molecule has 1 aliphatic rings. The molecule has 1 aliphatic heterocycles. The lowest BCUT2D eigenvalue weighted by molar-refractivity contribution is -0.129. The number of aromatic amines is 1. The molecule has 0 saturated heterocycles. The van der Waals surface area contributed by atoms with Crippen LogP contribution in [0.4, 0.5) is 10.2 Å². The van der Waals surface area contributed by atoms with Crippen molar-refractivity contribution in [3.05, 3.63) is 75.3 Å². The SMILES string of the molecule is CC(=O)N1CCc2[nH]c3cc(-c4cnc(N)c(O[C@H](C)c5c(Cl)ccc(F)c5Cl)c4)ccc3c2C1. The molecule has 3 N–H and O–H groups in total. The average molecular weight is 513 g/mol. The quantitative estimate of drug-likeness (QED) is 0.314. The Bertz CT molecular complexity index is 1470. The molecule has 6 nitrogen and oxygen atoms in total. The highest BCUT2D eigenvalue weighted by atomic mass is 35.5. The van der Waals surface area contributed by atoms with Gasteiger partial charge in [0.25, 0.3) is 0 Å². The monoisotopic (exact) mass is 512 g/mol. The number of benzene rings is 2. The standard InChI is InChI=1S/C26H23Cl2FN4O2/c1-13(24-19(27)5-6-20(29)25(24)28)35-23-10-16(11-31-26(23)30)15-3-4-17-18-12-33(14(2)34)8-7-21(18)32-22(17)9-15/h3-6,9-11,13,32H,7-8,12H2,1-2H3,(H2,30,31)/t13-/m1/s1. The predicted octanol–water partition coefficient (Wildman–Crippen LogP) is 6.30. The minimum absolute atomic E-state index is 0.0807. The second-order valence-corrected chi connectivity index (χ2v) is 9.44. The number of carbonyl (C=O) groups excluding carboxylic acids is 1. The minimum atomic E-state index is -0.660. The van der Waals surface area contributed by atoms with Crippen molar-refractivity contribution in [2.45, 2.75) is 32.9 Å². The number of nitrogens with one attached hydrogen (secondary N) is 1. The van der Waals surface area contributed by atoms with Crippen molar-refractivity contribution in [1.82, 2.24) is 14.9 Å². The van der Waals surface area contributed by atoms with Crippen molar-refractivity contribution < 1.29 is 13.9 Å². The summed E-state index contributed by atoms with van der Waals surface area (Å²) in [6, 6.07) is 10.5. The Balaban J connectivity index is 1.46. The Hall–Kier alpha value is -3.29. The molecule has 35 heavy (non-hydrogen) atoms. The van der Waals surface area contributed by atoms with Crippen molar-refractivity contribution in [3.8, 4) is 16.9 Å². The Morgan fingerprint density at radius 3 is 2.80 bits per heavy atom. The van der Waals surface area contributed by atoms with Gasteiger partial charge in [-0.2, -0.15) is 0 Å². The van der Waals surface area contributed by atoms with Crippen molar-refractivity contribution in [2.24, 2.45) is 0 Å². The number of carbonyl (C=O) groups is 1. The van der Waals surface area contributed by atoms with Gasteiger partial charge >= 0.3 is 0 Å². The zero-order chi connectivity index (χ0) is 24.9. The first kappa shape index (κ1) is 23.5. The van der Waals surface area contributed by atoms with E-state index in [2.05, 4.69) is 16.0 Å². The number of amides is 1. The molecular formula is C26H23Cl2FN4O2. The zero-order valence-corrected chi connectivity index (χ0v) is 20.7. The normalized spacial score (nSPS) is 14.1. The molecule has 4 aromatic rings. The second-order valence-electron chi connectivity index (χ2n) is 8.66. The number of anilines is 1. The van der Waals surface area contributed by atoms with Gasteiger partial charge in [-0.25, -0.2) is 9.37 Å². The van der Waals surface area contributed by atoms with Crippen LogP contribution in [0.25, 0.3) is 22.0 Å². The maximum absolute atomic E-state index is 14.0. The number of fused-ring (bicyclic) bond motifs is 3. The molecule has 2 aromatic carbocycles. The van der Waals surface area contributed by atoms with Crippen LogP contribution >= 0.6 is 23.2 Å². The third-order valence-corrected chi connectivity index (χ3v) is 7.14. The van der Waals surface area contributed by atoms with E-state index in [1.165, 1.54) is 12.1 Å². The average Bonchev–Trinajstić information content (AvgIpc) is 3.20. The number of H-pyrrole nitrogens is 1. The summed E-state index contributed by atoms with van der Waals surface area (Å²) in [5, 5.41) is 1.31. The summed E-state index contributed by atoms with van der Waals surface area (Å²) in [4.78, 5) is 21.5. The third-order valence-electron chi connectivity index (χ3n) is 6.43. The minimum Gasteiger partial charge on any atom is -0.482 e. The molecule has 180 valence electrons. The Morgan fingerprint density at radius 1 is 1.23 bits per heavy atom. The largest absolute Gasteiger partial charge is 0.482 e. The van der Waals surface area contributed by atoms with Crippen LogP contribution in [0.2, 0.25) is 10.0 Å². The van der Waals surface area contributed by atoms with E-state index in [0.29, 0.717) is 29.4 Å². The Morgan fingerprint density at radius 2 is 2.03 bits per heavy atom. The highest BCUT2D eigenvalue weighted by Crippen LogP contribution is 2.37. The Kier molecular flexibility index (Phi) is 6.07. The molecule has 0 fully saturated rings. The lowest BCUT2D eigenvalue weighted by Crippen LogP contribution is -2.33. The fourth-order valence-electron chi connectivity index (χ4n) is 4.54. The van der Waals surface area contributed by atoms with E-state index in [4.69, 9.17) is 33.7 Å². The van der Waals surface area contributed by atoms with Gasteiger partial charge in [-0.15, -0.1) is 0 Å². The van der Waals surface area contributed by atoms with Gasteiger partial charge in [0.1, 0.15) is 11.9 Å². The molecule has 1 atom stereocenters. The van der Waals surface area contributed by atoms with Gasteiger partial charge in [0.2, 0.25) is 5.91 Å². The van der Waals surface area contributed by atoms with Crippen LogP contribution in [0, 0.1) is 5.82 Å². The molecule has 0 bridgehead atoms. The predicted molar refractivity (Wildman–Crippen MR) is 136 cm³/mol. The molecule has 9 heteroatoms. The number of aromatic nitrogens is 2. The van der Waals surface area contributed by atoms with E-state index in [1.807, 2.05) is 17.0 Å². The highest BCUT2D eigenvalue weighted by molar-refractivity contribution is 6.36. The lowest BCUT2D eigenvalue weighted by atomic mass is 10.0. The maximum Gasteiger partial charge on any atom is 0.219 e. The van der Waals surface area contributed by atoms with Crippen LogP contribution in [-0.2, 0) is 17.8 Å². The summed E-state index contributed by atoms with van der Waals surface area (Å²) in [5.41, 5.74) is 11.5. The first-order chi connectivity index (χ1) is 16.7. The third kappa shape index (κ3) is 4.30. The number of hydrogen-bond donors (Lipinski definition) is 2. The van der Waals surface area contributed by atoms with Gasteiger partial charge in [-0.3, -0.25) is 4.79 Å². The summed E-state index contributed by atoms with van der Waals surface area (Å²) >= 11 is 12.4. The number of rotatable bonds is 4. The number of halogens is 3. The maximum atomic E-state index is 14.0. The van der Waals surface area contributed by atoms with Crippen LogP contribution in [-0.4, -0.2) is 27.3 Å². The number of nitrogens with zero attached hydrogens (tertiary/aromatic N) is 2. The molecule has 0 aliphatic carbocycles. The van der Waals surface area contributed by atoms with Crippen LogP contribution in [0.3, 0.4) is 0 Å². The van der Waals surface area contributed by atoms with Crippen LogP contribution in [0.5, 0.6) is 5.75 Å². The van der Waals surface area contributed by atoms with Crippen LogP contribution in [0.15, 0.2) is 42.6 Å². The van der Waals surface area contributed by atoms with Gasteiger partial charge in [0, 0.05) is 70.9 Å². The molecule has 2 aromatic heterocycles. The van der Waals surface area contributed by atoms with Crippen molar-refractivity contribution in [3.63, 3.8) is 0 Å². The Labute approximate surface area is 211 Å². The summed E-state index contributed by atoms with van der Waals surface area (Å²) in [6.07, 6.45) is 1.81. The number of nitrogens with two attached hydrogens (primary N) is 1. The van der Waals surface area contributed by atoms with Crippen molar-refractivity contribution in [2.75, 3.05) is 12.3 Å². The first-order valence-corrected chi connectivity index (χ1v) is 11.9. The number of ether oxygens (including phenoxy) is 1. The van der Waals surface area contributed by atoms with E-state index in [9.17, 15) is 9.18 Å². The summed E-state index contributed by atoms with van der Waals surface area (Å²) in [7, 11) is 0. The fourth-order valence-corrected chi connectivity index (χ4v) is 5.22. The highest BCUT2D eigenvalue weighted by Gasteiger charge is 2.23. The topological polar surface area (TPSA) is 84.2 Å².